The summed E-state index contributed by atoms with van der Waals surface area (Å²) in [7, 11) is -3.83. The van der Waals surface area contributed by atoms with Gasteiger partial charge in [-0.3, -0.25) is 9.52 Å². The first-order chi connectivity index (χ1) is 14.9. The van der Waals surface area contributed by atoms with Gasteiger partial charge in [-0.2, -0.15) is 0 Å². The lowest BCUT2D eigenvalue weighted by Crippen LogP contribution is -2.16. The zero-order valence-corrected chi connectivity index (χ0v) is 18.3. The van der Waals surface area contributed by atoms with Crippen molar-refractivity contribution in [3.8, 4) is 10.8 Å². The lowest BCUT2D eigenvalue weighted by atomic mass is 10.3. The maximum atomic E-state index is 12.7. The van der Waals surface area contributed by atoms with E-state index >= 15 is 0 Å². The van der Waals surface area contributed by atoms with Gasteiger partial charge in [0, 0.05) is 21.8 Å². The molecule has 0 radical (unpaired) electrons. The van der Waals surface area contributed by atoms with Crippen LogP contribution in [0.3, 0.4) is 0 Å². The molecule has 0 unspecified atom stereocenters. The van der Waals surface area contributed by atoms with Gasteiger partial charge in [0.15, 0.2) is 10.8 Å². The third-order valence-electron chi connectivity index (χ3n) is 4.15. The number of sulfonamides is 1. The second-order valence-corrected chi connectivity index (χ2v) is 9.46. The van der Waals surface area contributed by atoms with E-state index in [4.69, 9.17) is 16.0 Å². The first-order valence-corrected chi connectivity index (χ1v) is 11.8. The number of halogens is 1. The summed E-state index contributed by atoms with van der Waals surface area (Å²) in [4.78, 5) is 16.8. The lowest BCUT2D eigenvalue weighted by molar-refractivity contribution is -0.115. The van der Waals surface area contributed by atoms with E-state index in [0.717, 1.165) is 0 Å². The predicted octanol–water partition coefficient (Wildman–Crippen LogP) is 5.04. The summed E-state index contributed by atoms with van der Waals surface area (Å²) >= 11 is 7.21. The van der Waals surface area contributed by atoms with Crippen LogP contribution < -0.4 is 10.0 Å². The number of thiazole rings is 1. The molecule has 0 aliphatic carbocycles. The van der Waals surface area contributed by atoms with Gasteiger partial charge in [-0.25, -0.2) is 13.4 Å². The minimum atomic E-state index is -3.83. The molecule has 31 heavy (non-hydrogen) atoms. The van der Waals surface area contributed by atoms with E-state index in [9.17, 15) is 13.2 Å². The quantitative estimate of drug-likeness (QED) is 0.391. The molecule has 0 aliphatic rings. The van der Waals surface area contributed by atoms with Crippen LogP contribution in [-0.4, -0.2) is 19.3 Å². The van der Waals surface area contributed by atoms with Gasteiger partial charge in [0.1, 0.15) is 0 Å². The molecule has 0 fully saturated rings. The highest BCUT2D eigenvalue weighted by Crippen LogP contribution is 2.25. The molecule has 0 atom stereocenters. The molecular weight excluding hydrogens is 458 g/mol. The Labute approximate surface area is 187 Å². The fraction of sp³-hybridized carbons (Fsp3) is 0.0476. The van der Waals surface area contributed by atoms with Gasteiger partial charge in [-0.05, 0) is 54.6 Å². The smallest absolute Gasteiger partial charge is 0.261 e. The van der Waals surface area contributed by atoms with Gasteiger partial charge in [-0.15, -0.1) is 11.3 Å². The SMILES string of the molecule is O=C(Cc1csc(-c2ccco2)n1)Nc1cccc(S(=O)(=O)Nc2ccc(Cl)cc2)c1. The van der Waals surface area contributed by atoms with Gasteiger partial charge in [-0.1, -0.05) is 17.7 Å². The molecule has 10 heteroatoms. The van der Waals surface area contributed by atoms with Crippen LogP contribution in [-0.2, 0) is 21.2 Å². The van der Waals surface area contributed by atoms with Crippen LogP contribution in [0, 0.1) is 0 Å². The zero-order chi connectivity index (χ0) is 21.8. The van der Waals surface area contributed by atoms with Gasteiger partial charge in [0.2, 0.25) is 5.91 Å². The zero-order valence-electron chi connectivity index (χ0n) is 15.9. The van der Waals surface area contributed by atoms with Crippen molar-refractivity contribution in [2.75, 3.05) is 10.0 Å². The Kier molecular flexibility index (Phi) is 6.08. The van der Waals surface area contributed by atoms with Gasteiger partial charge in [0.05, 0.1) is 23.3 Å². The van der Waals surface area contributed by atoms with E-state index in [1.54, 1.807) is 60.2 Å². The summed E-state index contributed by atoms with van der Waals surface area (Å²) in [6, 6.07) is 15.9. The van der Waals surface area contributed by atoms with Crippen molar-refractivity contribution in [1.82, 2.24) is 4.98 Å². The Hall–Kier alpha value is -3.14. The first-order valence-electron chi connectivity index (χ1n) is 9.06. The van der Waals surface area contributed by atoms with Crippen LogP contribution in [0.1, 0.15) is 5.69 Å². The maximum Gasteiger partial charge on any atom is 0.261 e. The van der Waals surface area contributed by atoms with E-state index in [0.29, 0.717) is 32.9 Å². The molecule has 1 amide bonds. The van der Waals surface area contributed by atoms with Crippen molar-refractivity contribution in [1.29, 1.82) is 0 Å². The van der Waals surface area contributed by atoms with Gasteiger partial charge < -0.3 is 9.73 Å². The minimum absolute atomic E-state index is 0.0222. The number of anilines is 2. The van der Waals surface area contributed by atoms with Crippen LogP contribution in [0.5, 0.6) is 0 Å². The molecule has 0 saturated heterocycles. The highest BCUT2D eigenvalue weighted by molar-refractivity contribution is 7.92. The molecule has 2 aromatic carbocycles. The largest absolute Gasteiger partial charge is 0.462 e. The van der Waals surface area contributed by atoms with Crippen LogP contribution >= 0.6 is 22.9 Å². The third-order valence-corrected chi connectivity index (χ3v) is 6.69. The summed E-state index contributed by atoms with van der Waals surface area (Å²) in [6.45, 7) is 0. The monoisotopic (exact) mass is 473 g/mol. The highest BCUT2D eigenvalue weighted by atomic mass is 35.5. The van der Waals surface area contributed by atoms with Crippen LogP contribution in [0.2, 0.25) is 5.02 Å². The first kappa shape index (κ1) is 21.1. The number of carbonyl (C=O) groups excluding carboxylic acids is 1. The van der Waals surface area contributed by atoms with E-state index in [1.807, 2.05) is 0 Å². The average molecular weight is 474 g/mol. The fourth-order valence-corrected chi connectivity index (χ4v) is 4.76. The average Bonchev–Trinajstić information content (AvgIpc) is 3.42. The molecule has 158 valence electrons. The van der Waals surface area contributed by atoms with Gasteiger partial charge >= 0.3 is 0 Å². The molecular formula is C21H16ClN3O4S2. The molecule has 4 aromatic rings. The van der Waals surface area contributed by atoms with Crippen LogP contribution in [0.4, 0.5) is 11.4 Å². The maximum absolute atomic E-state index is 12.7. The number of furan rings is 1. The summed E-state index contributed by atoms with van der Waals surface area (Å²) in [5.41, 5.74) is 1.35. The van der Waals surface area contributed by atoms with Crippen molar-refractivity contribution in [2.45, 2.75) is 11.3 Å². The summed E-state index contributed by atoms with van der Waals surface area (Å²) in [5.74, 6) is 0.333. The predicted molar refractivity (Wildman–Crippen MR) is 121 cm³/mol. The van der Waals surface area contributed by atoms with Crippen molar-refractivity contribution in [3.63, 3.8) is 0 Å². The van der Waals surface area contributed by atoms with E-state index in [-0.39, 0.29) is 17.2 Å². The number of hydrogen-bond donors (Lipinski definition) is 2. The molecule has 2 N–H and O–H groups in total. The number of aromatic nitrogens is 1. The molecule has 0 saturated carbocycles. The minimum Gasteiger partial charge on any atom is -0.462 e. The molecule has 2 aromatic heterocycles. The Morgan fingerprint density at radius 1 is 1.06 bits per heavy atom. The Morgan fingerprint density at radius 3 is 2.61 bits per heavy atom. The molecule has 7 nitrogen and oxygen atoms in total. The lowest BCUT2D eigenvalue weighted by Gasteiger charge is -2.10. The highest BCUT2D eigenvalue weighted by Gasteiger charge is 2.16. The van der Waals surface area contributed by atoms with Crippen LogP contribution in [0.25, 0.3) is 10.8 Å². The number of nitrogens with zero attached hydrogens (tertiary/aromatic N) is 1. The second kappa shape index (κ2) is 8.93. The molecule has 0 bridgehead atoms. The summed E-state index contributed by atoms with van der Waals surface area (Å²) in [5, 5.41) is 5.69. The van der Waals surface area contributed by atoms with E-state index in [2.05, 4.69) is 15.0 Å². The normalized spacial score (nSPS) is 11.3. The molecule has 4 rings (SSSR count). The molecule has 0 spiro atoms. The number of carbonyl (C=O) groups is 1. The van der Waals surface area contributed by atoms with Crippen molar-refractivity contribution < 1.29 is 17.6 Å². The number of nitrogens with one attached hydrogen (secondary N) is 2. The van der Waals surface area contributed by atoms with E-state index < -0.39 is 10.0 Å². The van der Waals surface area contributed by atoms with Crippen molar-refractivity contribution >= 4 is 50.2 Å². The standard InChI is InChI=1S/C21H16ClN3O4S2/c22-14-6-8-15(9-7-14)25-31(27,28)18-4-1-3-16(11-18)23-20(26)12-17-13-30-21(24-17)19-5-2-10-29-19/h1-11,13,25H,12H2,(H,23,26). The Morgan fingerprint density at radius 2 is 1.87 bits per heavy atom. The number of rotatable bonds is 7. The number of benzene rings is 2. The number of amides is 1. The van der Waals surface area contributed by atoms with Crippen molar-refractivity contribution in [3.05, 3.63) is 83.0 Å². The van der Waals surface area contributed by atoms with Gasteiger partial charge in [0.25, 0.3) is 10.0 Å². The fourth-order valence-electron chi connectivity index (χ4n) is 2.74. The summed E-state index contributed by atoms with van der Waals surface area (Å²) < 4.78 is 33.1. The number of hydrogen-bond acceptors (Lipinski definition) is 6. The molecule has 0 aliphatic heterocycles. The third kappa shape index (κ3) is 5.32. The topological polar surface area (TPSA) is 101 Å². The second-order valence-electron chi connectivity index (χ2n) is 6.49. The Bertz CT molecular complexity index is 1300. The van der Waals surface area contributed by atoms with E-state index in [1.165, 1.54) is 23.5 Å². The van der Waals surface area contributed by atoms with Crippen LogP contribution in [0.15, 0.2) is 81.6 Å². The Balaban J connectivity index is 1.43. The molecule has 2 heterocycles. The van der Waals surface area contributed by atoms with Crippen molar-refractivity contribution in [2.24, 2.45) is 0 Å². The summed E-state index contributed by atoms with van der Waals surface area (Å²) in [6.07, 6.45) is 1.61.